The van der Waals surface area contributed by atoms with Gasteiger partial charge in [-0.25, -0.2) is 22.3 Å². The van der Waals surface area contributed by atoms with Crippen LogP contribution in [0.25, 0.3) is 10.4 Å². The maximum absolute atomic E-state index is 12.9. The van der Waals surface area contributed by atoms with Gasteiger partial charge < -0.3 is 26.0 Å². The molecule has 1 aromatic heterocycles. The van der Waals surface area contributed by atoms with E-state index in [0.29, 0.717) is 47.6 Å². The van der Waals surface area contributed by atoms with Crippen molar-refractivity contribution < 1.29 is 33.0 Å². The van der Waals surface area contributed by atoms with Crippen LogP contribution in [0.1, 0.15) is 28.1 Å². The van der Waals surface area contributed by atoms with Crippen molar-refractivity contribution in [2.45, 2.75) is 24.6 Å². The van der Waals surface area contributed by atoms with Gasteiger partial charge >= 0.3 is 11.9 Å². The second-order valence-corrected chi connectivity index (χ2v) is 12.1. The van der Waals surface area contributed by atoms with Crippen molar-refractivity contribution in [3.8, 4) is 16.2 Å². The number of nitrogens with zero attached hydrogens (tertiary/aromatic N) is 1. The molecule has 0 amide bonds. The number of carboxylic acid groups (broad SMARTS) is 2. The predicted octanol–water partition coefficient (Wildman–Crippen LogP) is 4.22. The molecule has 5 N–H and O–H groups in total. The molecule has 0 unspecified atom stereocenters. The number of nitrogens with one attached hydrogen (secondary N) is 1. The number of halogens is 1. The van der Waals surface area contributed by atoms with Gasteiger partial charge in [0.15, 0.2) is 17.2 Å². The summed E-state index contributed by atoms with van der Waals surface area (Å²) in [5, 5.41) is 21.9. The quantitative estimate of drug-likeness (QED) is 0.258. The number of ether oxygens (including phenoxy) is 1. The SMILES string of the molecule is Nc1ccccc1CS(=O)(=O)N1CCC(Nc2cccc(-c3sc(C(=O)O)c(OCC(=O)O)c3Cl)c2)CC1. The Hall–Kier alpha value is -3.32. The molecule has 0 bridgehead atoms. The fraction of sp³-hybridized carbons (Fsp3) is 0.280. The Kier molecular flexibility index (Phi) is 8.46. The molecule has 1 saturated heterocycles. The van der Waals surface area contributed by atoms with Crippen molar-refractivity contribution in [1.82, 2.24) is 4.31 Å². The highest BCUT2D eigenvalue weighted by atomic mass is 35.5. The van der Waals surface area contributed by atoms with Crippen LogP contribution < -0.4 is 15.8 Å². The van der Waals surface area contributed by atoms with Crippen molar-refractivity contribution in [1.29, 1.82) is 0 Å². The second kappa shape index (κ2) is 11.6. The summed E-state index contributed by atoms with van der Waals surface area (Å²) in [6.45, 7) is 0.0236. The minimum absolute atomic E-state index is 0.0290. The summed E-state index contributed by atoms with van der Waals surface area (Å²) in [5.74, 6) is -2.84. The van der Waals surface area contributed by atoms with Crippen LogP contribution in [0.4, 0.5) is 11.4 Å². The van der Waals surface area contributed by atoms with Gasteiger partial charge in [-0.2, -0.15) is 0 Å². The van der Waals surface area contributed by atoms with E-state index in [9.17, 15) is 23.1 Å². The Morgan fingerprint density at radius 1 is 1.13 bits per heavy atom. The molecule has 0 aliphatic carbocycles. The van der Waals surface area contributed by atoms with Gasteiger partial charge in [0.2, 0.25) is 10.0 Å². The summed E-state index contributed by atoms with van der Waals surface area (Å²) in [5.41, 5.74) is 8.35. The lowest BCUT2D eigenvalue weighted by Gasteiger charge is -2.32. The first-order chi connectivity index (χ1) is 18.0. The van der Waals surface area contributed by atoms with E-state index < -0.39 is 28.6 Å². The minimum atomic E-state index is -3.51. The van der Waals surface area contributed by atoms with Gasteiger partial charge in [-0.3, -0.25) is 0 Å². The number of sulfonamides is 1. The molecule has 0 spiro atoms. The van der Waals surface area contributed by atoms with E-state index in [0.717, 1.165) is 17.0 Å². The highest BCUT2D eigenvalue weighted by molar-refractivity contribution is 7.88. The van der Waals surface area contributed by atoms with Crippen molar-refractivity contribution in [2.24, 2.45) is 0 Å². The molecule has 2 heterocycles. The number of rotatable bonds is 10. The van der Waals surface area contributed by atoms with E-state index in [4.69, 9.17) is 27.2 Å². The van der Waals surface area contributed by atoms with Crippen LogP contribution in [0.15, 0.2) is 48.5 Å². The zero-order valence-corrected chi connectivity index (χ0v) is 22.5. The first kappa shape index (κ1) is 27.7. The van der Waals surface area contributed by atoms with Crippen LogP contribution in [0.3, 0.4) is 0 Å². The predicted molar refractivity (Wildman–Crippen MR) is 147 cm³/mol. The molecule has 1 aliphatic heterocycles. The minimum Gasteiger partial charge on any atom is -0.479 e. The summed E-state index contributed by atoms with van der Waals surface area (Å²) < 4.78 is 32.5. The van der Waals surface area contributed by atoms with Gasteiger partial charge in [-0.1, -0.05) is 41.9 Å². The van der Waals surface area contributed by atoms with E-state index in [1.165, 1.54) is 4.31 Å². The number of anilines is 2. The van der Waals surface area contributed by atoms with Gasteiger partial charge in [0.1, 0.15) is 5.02 Å². The molecule has 202 valence electrons. The monoisotopic (exact) mass is 579 g/mol. The number of thiophene rings is 1. The summed E-state index contributed by atoms with van der Waals surface area (Å²) in [7, 11) is -3.51. The first-order valence-electron chi connectivity index (χ1n) is 11.6. The third kappa shape index (κ3) is 6.38. The maximum atomic E-state index is 12.9. The molecule has 1 fully saturated rings. The van der Waals surface area contributed by atoms with Crippen LogP contribution in [-0.2, 0) is 20.6 Å². The van der Waals surface area contributed by atoms with Gasteiger partial charge in [0, 0.05) is 30.5 Å². The average Bonchev–Trinajstić information content (AvgIpc) is 3.21. The van der Waals surface area contributed by atoms with Gasteiger partial charge in [-0.05, 0) is 42.2 Å². The van der Waals surface area contributed by atoms with Crippen molar-refractivity contribution in [3.05, 3.63) is 64.0 Å². The number of benzene rings is 2. The summed E-state index contributed by atoms with van der Waals surface area (Å²) in [4.78, 5) is 22.8. The van der Waals surface area contributed by atoms with Gasteiger partial charge in [-0.15, -0.1) is 11.3 Å². The van der Waals surface area contributed by atoms with Crippen LogP contribution in [-0.4, -0.2) is 60.6 Å². The standard InChI is InChI=1S/C25H26ClN3O7S2/c26-21-22(36-13-20(30)31)24(25(32)33)37-23(21)15-5-3-6-18(12-15)28-17-8-10-29(11-9-17)38(34,35)14-16-4-1-2-7-19(16)27/h1-7,12,17,28H,8-11,13-14,27H2,(H,30,31)(H,32,33). The largest absolute Gasteiger partial charge is 0.479 e. The molecular weight excluding hydrogens is 554 g/mol. The molecule has 0 atom stereocenters. The van der Waals surface area contributed by atoms with Crippen molar-refractivity contribution >= 4 is 56.3 Å². The lowest BCUT2D eigenvalue weighted by molar-refractivity contribution is -0.139. The third-order valence-corrected chi connectivity index (χ3v) is 9.59. The Balaban J connectivity index is 1.43. The van der Waals surface area contributed by atoms with Crippen molar-refractivity contribution in [2.75, 3.05) is 30.7 Å². The summed E-state index contributed by atoms with van der Waals surface area (Å²) in [6, 6.07) is 14.2. The fourth-order valence-corrected chi connectivity index (χ4v) is 7.21. The average molecular weight is 580 g/mol. The number of piperidine rings is 1. The van der Waals surface area contributed by atoms with E-state index in [2.05, 4.69) is 5.32 Å². The number of carbonyl (C=O) groups is 2. The summed E-state index contributed by atoms with van der Waals surface area (Å²) in [6.07, 6.45) is 1.20. The van der Waals surface area contributed by atoms with Crippen LogP contribution in [0, 0.1) is 0 Å². The molecule has 2 aromatic carbocycles. The van der Waals surface area contributed by atoms with Crippen molar-refractivity contribution in [3.63, 3.8) is 0 Å². The van der Waals surface area contributed by atoms with E-state index >= 15 is 0 Å². The lowest BCUT2D eigenvalue weighted by Crippen LogP contribution is -2.42. The fourth-order valence-electron chi connectivity index (χ4n) is 4.20. The van der Waals surface area contributed by atoms with Crippen LogP contribution >= 0.6 is 22.9 Å². The summed E-state index contributed by atoms with van der Waals surface area (Å²) >= 11 is 7.30. The van der Waals surface area contributed by atoms with Gasteiger partial charge in [0.25, 0.3) is 0 Å². The van der Waals surface area contributed by atoms with Crippen LogP contribution in [0.2, 0.25) is 5.02 Å². The number of hydrogen-bond donors (Lipinski definition) is 4. The molecule has 13 heteroatoms. The van der Waals surface area contributed by atoms with E-state index in [-0.39, 0.29) is 27.4 Å². The topological polar surface area (TPSA) is 159 Å². The Labute approximate surface area is 228 Å². The number of hydrogen-bond acceptors (Lipinski definition) is 8. The first-order valence-corrected chi connectivity index (χ1v) is 14.4. The molecule has 0 radical (unpaired) electrons. The highest BCUT2D eigenvalue weighted by Gasteiger charge is 2.29. The number of para-hydroxylation sites is 1. The normalized spacial score (nSPS) is 14.8. The zero-order valence-electron chi connectivity index (χ0n) is 20.1. The number of nitrogens with two attached hydrogens (primary N) is 1. The number of aromatic carboxylic acids is 1. The second-order valence-electron chi connectivity index (χ2n) is 8.74. The molecule has 1 aliphatic rings. The molecule has 38 heavy (non-hydrogen) atoms. The molecule has 3 aromatic rings. The maximum Gasteiger partial charge on any atom is 0.349 e. The van der Waals surface area contributed by atoms with E-state index in [1.54, 1.807) is 36.4 Å². The van der Waals surface area contributed by atoms with Crippen LogP contribution in [0.5, 0.6) is 5.75 Å². The Bertz CT molecular complexity index is 1450. The lowest BCUT2D eigenvalue weighted by atomic mass is 10.1. The molecular formula is C25H26ClN3O7S2. The Morgan fingerprint density at radius 2 is 1.84 bits per heavy atom. The third-order valence-electron chi connectivity index (χ3n) is 6.08. The van der Waals surface area contributed by atoms with E-state index in [1.807, 2.05) is 12.1 Å². The number of carboxylic acids is 2. The molecule has 0 saturated carbocycles. The zero-order chi connectivity index (χ0) is 27.4. The Morgan fingerprint density at radius 3 is 2.50 bits per heavy atom. The number of nitrogen functional groups attached to an aromatic ring is 1. The van der Waals surface area contributed by atoms with Gasteiger partial charge in [0.05, 0.1) is 10.6 Å². The number of aliphatic carboxylic acids is 1. The molecule has 4 rings (SSSR count). The smallest absolute Gasteiger partial charge is 0.349 e. The highest BCUT2D eigenvalue weighted by Crippen LogP contribution is 2.46. The molecule has 10 nitrogen and oxygen atoms in total.